The summed E-state index contributed by atoms with van der Waals surface area (Å²) in [6.07, 6.45) is 3.61. The number of carboxylic acid groups (broad SMARTS) is 1. The van der Waals surface area contributed by atoms with Crippen LogP contribution in [0.15, 0.2) is 36.7 Å². The van der Waals surface area contributed by atoms with Crippen molar-refractivity contribution >= 4 is 11.7 Å². The van der Waals surface area contributed by atoms with Gasteiger partial charge in [0.15, 0.2) is 0 Å². The molecule has 5 nitrogen and oxygen atoms in total. The first-order chi connectivity index (χ1) is 8.58. The fourth-order valence-electron chi connectivity index (χ4n) is 1.85. The average Bonchev–Trinajstić information content (AvgIpc) is 2.76. The fraction of sp³-hybridized carbons (Fsp3) is 0.231. The van der Waals surface area contributed by atoms with Gasteiger partial charge in [-0.05, 0) is 25.1 Å². The van der Waals surface area contributed by atoms with E-state index < -0.39 is 5.97 Å². The summed E-state index contributed by atoms with van der Waals surface area (Å²) in [6.45, 7) is 1.98. The first-order valence-electron chi connectivity index (χ1n) is 5.65. The van der Waals surface area contributed by atoms with Crippen molar-refractivity contribution in [1.29, 1.82) is 0 Å². The molecule has 94 valence electrons. The smallest absolute Gasteiger partial charge is 0.335 e. The molecule has 0 spiro atoms. The monoisotopic (exact) mass is 245 g/mol. The number of nitrogens with one attached hydrogen (secondary N) is 1. The number of hydrogen-bond acceptors (Lipinski definition) is 3. The maximum atomic E-state index is 10.9. The Labute approximate surface area is 105 Å². The van der Waals surface area contributed by atoms with Crippen molar-refractivity contribution in [3.05, 3.63) is 48.0 Å². The number of benzene rings is 1. The van der Waals surface area contributed by atoms with E-state index in [0.29, 0.717) is 0 Å². The van der Waals surface area contributed by atoms with Crippen molar-refractivity contribution in [2.75, 3.05) is 5.32 Å². The van der Waals surface area contributed by atoms with Crippen molar-refractivity contribution < 1.29 is 9.90 Å². The number of nitrogens with zero attached hydrogens (tertiary/aromatic N) is 2. The van der Waals surface area contributed by atoms with Gasteiger partial charge in [0.25, 0.3) is 0 Å². The molecule has 1 unspecified atom stereocenters. The third kappa shape index (κ3) is 2.51. The number of rotatable bonds is 4. The highest BCUT2D eigenvalue weighted by Gasteiger charge is 2.10. The molecule has 5 heteroatoms. The molecule has 0 amide bonds. The Bertz CT molecular complexity index is 563. The summed E-state index contributed by atoms with van der Waals surface area (Å²) >= 11 is 0. The molecule has 0 saturated heterocycles. The summed E-state index contributed by atoms with van der Waals surface area (Å²) in [5.41, 5.74) is 1.04. The summed E-state index contributed by atoms with van der Waals surface area (Å²) in [4.78, 5) is 15.1. The van der Waals surface area contributed by atoms with Crippen LogP contribution in [-0.4, -0.2) is 20.6 Å². The minimum Gasteiger partial charge on any atom is -0.478 e. The van der Waals surface area contributed by atoms with E-state index in [4.69, 9.17) is 5.11 Å². The lowest BCUT2D eigenvalue weighted by atomic mass is 10.2. The van der Waals surface area contributed by atoms with Gasteiger partial charge in [-0.15, -0.1) is 0 Å². The van der Waals surface area contributed by atoms with E-state index in [0.717, 1.165) is 11.5 Å². The third-order valence-electron chi connectivity index (χ3n) is 2.74. The number of carboxylic acids is 1. The molecule has 0 fully saturated rings. The first kappa shape index (κ1) is 12.2. The molecule has 0 aliphatic carbocycles. The number of hydrogen-bond donors (Lipinski definition) is 2. The van der Waals surface area contributed by atoms with E-state index in [1.54, 1.807) is 24.4 Å². The average molecular weight is 245 g/mol. The van der Waals surface area contributed by atoms with Crippen molar-refractivity contribution in [2.24, 2.45) is 7.05 Å². The fourth-order valence-corrected chi connectivity index (χ4v) is 1.85. The van der Waals surface area contributed by atoms with Crippen molar-refractivity contribution in [1.82, 2.24) is 9.55 Å². The zero-order chi connectivity index (χ0) is 13.1. The van der Waals surface area contributed by atoms with Gasteiger partial charge in [0.2, 0.25) is 0 Å². The summed E-state index contributed by atoms with van der Waals surface area (Å²) in [5, 5.41) is 12.2. The van der Waals surface area contributed by atoms with Crippen LogP contribution in [-0.2, 0) is 7.05 Å². The Kier molecular flexibility index (Phi) is 3.32. The molecular weight excluding hydrogens is 230 g/mol. The van der Waals surface area contributed by atoms with Gasteiger partial charge < -0.3 is 15.0 Å². The van der Waals surface area contributed by atoms with Gasteiger partial charge >= 0.3 is 5.97 Å². The maximum Gasteiger partial charge on any atom is 0.335 e. The van der Waals surface area contributed by atoms with E-state index in [1.807, 2.05) is 30.8 Å². The summed E-state index contributed by atoms with van der Waals surface area (Å²) < 4.78 is 1.93. The number of imidazole rings is 1. The number of anilines is 1. The number of aromatic carboxylic acids is 1. The predicted molar refractivity (Wildman–Crippen MR) is 68.6 cm³/mol. The lowest BCUT2D eigenvalue weighted by Crippen LogP contribution is -2.12. The third-order valence-corrected chi connectivity index (χ3v) is 2.74. The van der Waals surface area contributed by atoms with E-state index in [1.165, 1.54) is 0 Å². The zero-order valence-corrected chi connectivity index (χ0v) is 10.3. The van der Waals surface area contributed by atoms with Crippen LogP contribution in [0.2, 0.25) is 0 Å². The van der Waals surface area contributed by atoms with Gasteiger partial charge in [-0.3, -0.25) is 0 Å². The lowest BCUT2D eigenvalue weighted by Gasteiger charge is -2.15. The molecule has 0 aliphatic heterocycles. The summed E-state index contributed by atoms with van der Waals surface area (Å²) in [5.74, 6) is -0.0287. The first-order valence-corrected chi connectivity index (χ1v) is 5.65. The highest BCUT2D eigenvalue weighted by Crippen LogP contribution is 2.18. The maximum absolute atomic E-state index is 10.9. The molecule has 1 aromatic heterocycles. The van der Waals surface area contributed by atoms with Crippen LogP contribution in [0.3, 0.4) is 0 Å². The van der Waals surface area contributed by atoms with E-state index in [-0.39, 0.29) is 11.6 Å². The number of aryl methyl sites for hydroxylation is 1. The van der Waals surface area contributed by atoms with Crippen molar-refractivity contribution in [2.45, 2.75) is 13.0 Å². The predicted octanol–water partition coefficient (Wildman–Crippen LogP) is 2.29. The van der Waals surface area contributed by atoms with Gasteiger partial charge in [-0.25, -0.2) is 9.78 Å². The molecule has 0 saturated carbocycles. The van der Waals surface area contributed by atoms with Gasteiger partial charge in [0.1, 0.15) is 5.82 Å². The summed E-state index contributed by atoms with van der Waals surface area (Å²) in [6, 6.07) is 6.75. The Hall–Kier alpha value is -2.30. The molecule has 18 heavy (non-hydrogen) atoms. The molecule has 1 atom stereocenters. The van der Waals surface area contributed by atoms with Gasteiger partial charge in [-0.1, -0.05) is 6.07 Å². The molecule has 0 aliphatic rings. The Morgan fingerprint density at radius 3 is 2.89 bits per heavy atom. The zero-order valence-electron chi connectivity index (χ0n) is 10.3. The number of carbonyl (C=O) groups is 1. The van der Waals surface area contributed by atoms with Gasteiger partial charge in [0, 0.05) is 25.1 Å². The lowest BCUT2D eigenvalue weighted by molar-refractivity contribution is 0.0697. The molecule has 2 rings (SSSR count). The normalized spacial score (nSPS) is 12.1. The van der Waals surface area contributed by atoms with Crippen molar-refractivity contribution in [3.63, 3.8) is 0 Å². The quantitative estimate of drug-likeness (QED) is 0.867. The van der Waals surface area contributed by atoms with Gasteiger partial charge in [0.05, 0.1) is 11.6 Å². The molecule has 1 aromatic carbocycles. The Balaban J connectivity index is 2.17. The van der Waals surface area contributed by atoms with Crippen LogP contribution in [0.25, 0.3) is 0 Å². The molecule has 0 radical (unpaired) electrons. The second kappa shape index (κ2) is 4.91. The largest absolute Gasteiger partial charge is 0.478 e. The van der Waals surface area contributed by atoms with E-state index in [2.05, 4.69) is 10.3 Å². The van der Waals surface area contributed by atoms with E-state index in [9.17, 15) is 4.79 Å². The second-order valence-electron chi connectivity index (χ2n) is 4.15. The molecule has 1 heterocycles. The molecule has 2 N–H and O–H groups in total. The SMILES string of the molecule is CC(Nc1cccc(C(=O)O)c1)c1nccn1C. The highest BCUT2D eigenvalue weighted by molar-refractivity contribution is 5.88. The molecule has 0 bridgehead atoms. The molecule has 2 aromatic rings. The highest BCUT2D eigenvalue weighted by atomic mass is 16.4. The summed E-state index contributed by atoms with van der Waals surface area (Å²) in [7, 11) is 1.92. The van der Waals surface area contributed by atoms with Crippen LogP contribution in [0.1, 0.15) is 29.1 Å². The molecular formula is C13H15N3O2. The Morgan fingerprint density at radius 2 is 2.28 bits per heavy atom. The van der Waals surface area contributed by atoms with Gasteiger partial charge in [-0.2, -0.15) is 0 Å². The minimum absolute atomic E-state index is 0.00837. The van der Waals surface area contributed by atoms with Crippen molar-refractivity contribution in [3.8, 4) is 0 Å². The van der Waals surface area contributed by atoms with Crippen LogP contribution >= 0.6 is 0 Å². The minimum atomic E-state index is -0.928. The van der Waals surface area contributed by atoms with Crippen LogP contribution in [0, 0.1) is 0 Å². The topological polar surface area (TPSA) is 67.2 Å². The van der Waals surface area contributed by atoms with Crippen LogP contribution in [0.5, 0.6) is 0 Å². The standard InChI is InChI=1S/C13H15N3O2/c1-9(12-14-6-7-16(12)2)15-11-5-3-4-10(8-11)13(17)18/h3-9,15H,1-2H3,(H,17,18). The van der Waals surface area contributed by atoms with Crippen LogP contribution in [0.4, 0.5) is 5.69 Å². The Morgan fingerprint density at radius 1 is 1.50 bits per heavy atom. The van der Waals surface area contributed by atoms with Crippen LogP contribution < -0.4 is 5.32 Å². The van der Waals surface area contributed by atoms with E-state index >= 15 is 0 Å². The second-order valence-corrected chi connectivity index (χ2v) is 4.15. The number of aromatic nitrogens is 2.